The van der Waals surface area contributed by atoms with E-state index in [0.717, 1.165) is 15.9 Å². The van der Waals surface area contributed by atoms with Crippen LogP contribution in [0.5, 0.6) is 0 Å². The largest absolute Gasteiger partial charge is 0.309 e. The number of benzene rings is 7. The van der Waals surface area contributed by atoms with Gasteiger partial charge < -0.3 is 4.57 Å². The predicted octanol–water partition coefficient (Wildman–Crippen LogP) is 10.8. The topological polar surface area (TPSA) is 17.1 Å². The van der Waals surface area contributed by atoms with Crippen LogP contribution in [0.2, 0.25) is 0 Å². The van der Waals surface area contributed by atoms with E-state index in [4.69, 9.17) is 0 Å². The summed E-state index contributed by atoms with van der Waals surface area (Å²) in [7, 11) is -3.08. The minimum absolute atomic E-state index is 0.0502. The first-order valence-electron chi connectivity index (χ1n) is 16.9. The first kappa shape index (κ1) is 29.2. The molecule has 2 aliphatic rings. The van der Waals surface area contributed by atoms with Gasteiger partial charge in [0, 0.05) is 26.7 Å². The summed E-state index contributed by atoms with van der Waals surface area (Å²) in [5.41, 5.74) is 12.7. The third kappa shape index (κ3) is 4.07. The SMILES string of the molecule is CC1(C)c2cc(-c3ccc4c(c3)-c3cc5ccccc5cc3C4(C)C)ccc2-c2ccc(P(=O)(c3ccccc3)c3ccccc3)cc21. The zero-order chi connectivity index (χ0) is 32.8. The lowest BCUT2D eigenvalue weighted by molar-refractivity contribution is 0.592. The van der Waals surface area contributed by atoms with Crippen LogP contribution in [-0.4, -0.2) is 0 Å². The van der Waals surface area contributed by atoms with E-state index >= 15 is 4.57 Å². The average Bonchev–Trinajstić information content (AvgIpc) is 3.49. The van der Waals surface area contributed by atoms with Crippen LogP contribution in [0.25, 0.3) is 44.2 Å². The lowest BCUT2D eigenvalue weighted by Gasteiger charge is -2.25. The van der Waals surface area contributed by atoms with E-state index in [2.05, 4.69) is 119 Å². The molecule has 0 radical (unpaired) electrons. The molecule has 7 aromatic carbocycles. The van der Waals surface area contributed by atoms with Crippen molar-refractivity contribution in [3.8, 4) is 33.4 Å². The van der Waals surface area contributed by atoms with Crippen LogP contribution in [0.15, 0.2) is 152 Å². The molecule has 0 fully saturated rings. The molecule has 48 heavy (non-hydrogen) atoms. The molecule has 1 nitrogen and oxygen atoms in total. The number of hydrogen-bond acceptors (Lipinski definition) is 1. The molecule has 2 heteroatoms. The van der Waals surface area contributed by atoms with Gasteiger partial charge >= 0.3 is 0 Å². The fourth-order valence-electron chi connectivity index (χ4n) is 8.44. The molecule has 0 saturated carbocycles. The van der Waals surface area contributed by atoms with Gasteiger partial charge in [-0.05, 0) is 96.7 Å². The van der Waals surface area contributed by atoms with Gasteiger partial charge in [0.05, 0.1) is 0 Å². The maximum absolute atomic E-state index is 15.2. The van der Waals surface area contributed by atoms with Crippen LogP contribution in [0.1, 0.15) is 49.9 Å². The third-order valence-electron chi connectivity index (χ3n) is 11.1. The molecule has 0 atom stereocenters. The fourth-order valence-corrected chi connectivity index (χ4v) is 11.1. The molecule has 0 amide bonds. The van der Waals surface area contributed by atoms with Crippen LogP contribution in [0.3, 0.4) is 0 Å². The predicted molar refractivity (Wildman–Crippen MR) is 204 cm³/mol. The summed E-state index contributed by atoms with van der Waals surface area (Å²) < 4.78 is 15.2. The highest BCUT2D eigenvalue weighted by Gasteiger charge is 2.39. The molecular weight excluding hydrogens is 599 g/mol. The van der Waals surface area contributed by atoms with E-state index in [1.165, 1.54) is 66.4 Å². The zero-order valence-corrected chi connectivity index (χ0v) is 28.7. The summed E-state index contributed by atoms with van der Waals surface area (Å²) in [4.78, 5) is 0. The smallest absolute Gasteiger partial charge is 0.171 e. The van der Waals surface area contributed by atoms with Crippen molar-refractivity contribution in [1.82, 2.24) is 0 Å². The lowest BCUT2D eigenvalue weighted by Crippen LogP contribution is -2.26. The molecule has 0 spiro atoms. The highest BCUT2D eigenvalue weighted by atomic mass is 31.2. The summed E-state index contributed by atoms with van der Waals surface area (Å²) in [5.74, 6) is 0. The van der Waals surface area contributed by atoms with Crippen molar-refractivity contribution in [2.75, 3.05) is 0 Å². The van der Waals surface area contributed by atoms with E-state index < -0.39 is 7.14 Å². The molecule has 232 valence electrons. The Morgan fingerprint density at radius 3 is 1.52 bits per heavy atom. The molecule has 9 rings (SSSR count). The van der Waals surface area contributed by atoms with Crippen molar-refractivity contribution in [2.24, 2.45) is 0 Å². The Bertz CT molecular complexity index is 2430. The van der Waals surface area contributed by atoms with Crippen molar-refractivity contribution >= 4 is 33.8 Å². The molecule has 0 saturated heterocycles. The van der Waals surface area contributed by atoms with Gasteiger partial charge in [0.2, 0.25) is 0 Å². The normalized spacial score (nSPS) is 15.1. The van der Waals surface area contributed by atoms with E-state index in [-0.39, 0.29) is 10.8 Å². The van der Waals surface area contributed by atoms with Gasteiger partial charge in [-0.25, -0.2) is 0 Å². The van der Waals surface area contributed by atoms with E-state index in [1.807, 2.05) is 60.7 Å². The second-order valence-electron chi connectivity index (χ2n) is 14.5. The summed E-state index contributed by atoms with van der Waals surface area (Å²) in [5, 5.41) is 5.19. The maximum Gasteiger partial charge on any atom is 0.171 e. The summed E-state index contributed by atoms with van der Waals surface area (Å²) in [6.45, 7) is 9.33. The fraction of sp³-hybridized carbons (Fsp3) is 0.130. The maximum atomic E-state index is 15.2. The second kappa shape index (κ2) is 10.3. The van der Waals surface area contributed by atoms with Crippen molar-refractivity contribution in [1.29, 1.82) is 0 Å². The molecule has 0 unspecified atom stereocenters. The van der Waals surface area contributed by atoms with Crippen molar-refractivity contribution in [3.63, 3.8) is 0 Å². The molecule has 2 aliphatic carbocycles. The molecule has 7 aromatic rings. The Hall–Kier alpha value is -4.97. The number of fused-ring (bicyclic) bond motifs is 7. The highest BCUT2D eigenvalue weighted by molar-refractivity contribution is 7.85. The molecule has 0 aliphatic heterocycles. The monoisotopic (exact) mass is 636 g/mol. The Kier molecular flexibility index (Phi) is 6.24. The summed E-state index contributed by atoms with van der Waals surface area (Å²) in [6, 6.07) is 54.0. The van der Waals surface area contributed by atoms with Crippen molar-refractivity contribution in [3.05, 3.63) is 174 Å². The molecule has 0 bridgehead atoms. The van der Waals surface area contributed by atoms with Crippen LogP contribution >= 0.6 is 7.14 Å². The summed E-state index contributed by atoms with van der Waals surface area (Å²) >= 11 is 0. The van der Waals surface area contributed by atoms with Gasteiger partial charge in [0.25, 0.3) is 0 Å². The van der Waals surface area contributed by atoms with Crippen LogP contribution < -0.4 is 15.9 Å². The standard InChI is InChI=1S/C46H37OP/c1-45(2)41-24-20-32(26-39(41)40-25-30-13-11-12-14-31(30)27-43(40)45)33-19-22-37-38-23-21-36(29-44(38)46(3,4)42(37)28-33)48(47,34-15-7-5-8-16-34)35-17-9-6-10-18-35/h5-29H,1-4H3. The lowest BCUT2D eigenvalue weighted by atomic mass is 9.81. The molecule has 0 heterocycles. The Balaban J connectivity index is 1.15. The first-order valence-corrected chi connectivity index (χ1v) is 18.6. The third-order valence-corrected chi connectivity index (χ3v) is 14.2. The quantitative estimate of drug-likeness (QED) is 0.176. The van der Waals surface area contributed by atoms with Crippen molar-refractivity contribution < 1.29 is 4.57 Å². The minimum Gasteiger partial charge on any atom is -0.309 e. The van der Waals surface area contributed by atoms with E-state index in [0.29, 0.717) is 0 Å². The van der Waals surface area contributed by atoms with Crippen LogP contribution in [0.4, 0.5) is 0 Å². The number of rotatable bonds is 4. The number of hydrogen-bond donors (Lipinski definition) is 0. The van der Waals surface area contributed by atoms with Gasteiger partial charge in [-0.2, -0.15) is 0 Å². The minimum atomic E-state index is -3.08. The second-order valence-corrected chi connectivity index (χ2v) is 17.3. The Morgan fingerprint density at radius 2 is 0.854 bits per heavy atom. The van der Waals surface area contributed by atoms with Crippen molar-refractivity contribution in [2.45, 2.75) is 38.5 Å². The Labute approximate surface area is 283 Å². The molecule has 0 aromatic heterocycles. The van der Waals surface area contributed by atoms with Crippen LogP contribution in [-0.2, 0) is 15.4 Å². The van der Waals surface area contributed by atoms with E-state index in [1.54, 1.807) is 0 Å². The van der Waals surface area contributed by atoms with Gasteiger partial charge in [0.15, 0.2) is 7.14 Å². The highest BCUT2D eigenvalue weighted by Crippen LogP contribution is 2.53. The average molecular weight is 637 g/mol. The molecule has 0 N–H and O–H groups in total. The Morgan fingerprint density at radius 1 is 0.375 bits per heavy atom. The van der Waals surface area contributed by atoms with Gasteiger partial charge in [-0.3, -0.25) is 0 Å². The van der Waals surface area contributed by atoms with Gasteiger partial charge in [-0.1, -0.05) is 149 Å². The van der Waals surface area contributed by atoms with E-state index in [9.17, 15) is 0 Å². The molecular formula is C46H37OP. The van der Waals surface area contributed by atoms with Crippen LogP contribution in [0, 0.1) is 0 Å². The van der Waals surface area contributed by atoms with Gasteiger partial charge in [0.1, 0.15) is 0 Å². The summed E-state index contributed by atoms with van der Waals surface area (Å²) in [6.07, 6.45) is 0. The van der Waals surface area contributed by atoms with Gasteiger partial charge in [-0.15, -0.1) is 0 Å². The zero-order valence-electron chi connectivity index (χ0n) is 27.8. The first-order chi connectivity index (χ1) is 23.2.